The first-order chi connectivity index (χ1) is 6.45. The molecule has 0 heterocycles. The molecule has 2 N–H and O–H groups in total. The Morgan fingerprint density at radius 2 is 1.93 bits per heavy atom. The highest BCUT2D eigenvalue weighted by Crippen LogP contribution is 2.29. The summed E-state index contributed by atoms with van der Waals surface area (Å²) >= 11 is 0. The minimum Gasteiger partial charge on any atom is -0.480 e. The lowest BCUT2D eigenvalue weighted by Gasteiger charge is -2.29. The van der Waals surface area contributed by atoms with Gasteiger partial charge in [-0.15, -0.1) is 0 Å². The van der Waals surface area contributed by atoms with E-state index in [1.165, 1.54) is 18.7 Å². The molecule has 1 saturated carbocycles. The number of hydrogen-bond acceptors (Lipinski definition) is 3. The molecule has 0 radical (unpaired) electrons. The van der Waals surface area contributed by atoms with Crippen molar-refractivity contribution >= 4 is 11.9 Å². The van der Waals surface area contributed by atoms with Crippen molar-refractivity contribution in [1.29, 1.82) is 0 Å². The summed E-state index contributed by atoms with van der Waals surface area (Å²) in [6.07, 6.45) is 0.614. The highest BCUT2D eigenvalue weighted by Gasteiger charge is 2.41. The summed E-state index contributed by atoms with van der Waals surface area (Å²) in [4.78, 5) is 23.4. The zero-order valence-corrected chi connectivity index (χ0v) is 8.30. The molecule has 1 aliphatic carbocycles. The van der Waals surface area contributed by atoms with Crippen LogP contribution in [0.1, 0.15) is 26.7 Å². The number of aliphatic hydroxyl groups is 1. The van der Waals surface area contributed by atoms with Crippen molar-refractivity contribution in [1.82, 2.24) is 4.90 Å². The molecule has 1 amide bonds. The van der Waals surface area contributed by atoms with Gasteiger partial charge in [-0.2, -0.15) is 0 Å². The van der Waals surface area contributed by atoms with Gasteiger partial charge in [-0.3, -0.25) is 4.79 Å². The number of rotatable bonds is 4. The Morgan fingerprint density at radius 3 is 2.14 bits per heavy atom. The second-order valence-electron chi connectivity index (χ2n) is 3.68. The molecule has 0 saturated heterocycles. The molecule has 1 fully saturated rings. The van der Waals surface area contributed by atoms with Gasteiger partial charge in [0, 0.05) is 13.0 Å². The molecular weight excluding hydrogens is 186 g/mol. The van der Waals surface area contributed by atoms with Gasteiger partial charge in [-0.05, 0) is 19.8 Å². The van der Waals surface area contributed by atoms with E-state index in [0.29, 0.717) is 0 Å². The van der Waals surface area contributed by atoms with E-state index < -0.39 is 18.1 Å². The number of carboxylic acid groups (broad SMARTS) is 1. The van der Waals surface area contributed by atoms with Crippen molar-refractivity contribution in [3.8, 4) is 0 Å². The summed E-state index contributed by atoms with van der Waals surface area (Å²) in [5.41, 5.74) is 0. The molecule has 14 heavy (non-hydrogen) atoms. The molecule has 1 aliphatic rings. The van der Waals surface area contributed by atoms with Crippen molar-refractivity contribution < 1.29 is 19.8 Å². The maximum absolute atomic E-state index is 11.2. The SMILES string of the molecule is CC(=O)N(C1CC1)[C@H](C(=O)O)[C@@H](C)O. The minimum atomic E-state index is -1.15. The molecule has 0 aromatic heterocycles. The Bertz CT molecular complexity index is 229. The van der Waals surface area contributed by atoms with Gasteiger partial charge in [0.25, 0.3) is 0 Å². The van der Waals surface area contributed by atoms with Crippen LogP contribution < -0.4 is 0 Å². The summed E-state index contributed by atoms with van der Waals surface area (Å²) in [6, 6.07) is -1.11. The number of carbonyl (C=O) groups is 2. The molecule has 0 aromatic carbocycles. The number of aliphatic hydroxyl groups excluding tert-OH is 1. The van der Waals surface area contributed by atoms with Crippen LogP contribution in [0.25, 0.3) is 0 Å². The van der Waals surface area contributed by atoms with E-state index in [-0.39, 0.29) is 11.9 Å². The van der Waals surface area contributed by atoms with Crippen molar-refractivity contribution in [2.24, 2.45) is 0 Å². The first-order valence-electron chi connectivity index (χ1n) is 4.65. The second-order valence-corrected chi connectivity index (χ2v) is 3.68. The van der Waals surface area contributed by atoms with E-state index in [2.05, 4.69) is 0 Å². The quantitative estimate of drug-likeness (QED) is 0.662. The lowest BCUT2D eigenvalue weighted by molar-refractivity contribution is -0.154. The van der Waals surface area contributed by atoms with E-state index in [1.807, 2.05) is 0 Å². The maximum atomic E-state index is 11.2. The number of amides is 1. The Hall–Kier alpha value is -1.10. The van der Waals surface area contributed by atoms with Crippen molar-refractivity contribution in [2.75, 3.05) is 0 Å². The van der Waals surface area contributed by atoms with Crippen LogP contribution in [-0.2, 0) is 9.59 Å². The Balaban J connectivity index is 2.81. The zero-order valence-electron chi connectivity index (χ0n) is 8.30. The molecule has 0 aliphatic heterocycles. The number of carboxylic acids is 1. The number of nitrogens with zero attached hydrogens (tertiary/aromatic N) is 1. The highest BCUT2D eigenvalue weighted by atomic mass is 16.4. The van der Waals surface area contributed by atoms with Gasteiger partial charge < -0.3 is 15.1 Å². The van der Waals surface area contributed by atoms with Crippen molar-refractivity contribution in [3.63, 3.8) is 0 Å². The van der Waals surface area contributed by atoms with Gasteiger partial charge in [0.15, 0.2) is 6.04 Å². The first-order valence-corrected chi connectivity index (χ1v) is 4.65. The van der Waals surface area contributed by atoms with Crippen molar-refractivity contribution in [3.05, 3.63) is 0 Å². The van der Waals surface area contributed by atoms with Crippen LogP contribution in [0.4, 0.5) is 0 Å². The molecule has 0 unspecified atom stereocenters. The molecule has 0 bridgehead atoms. The van der Waals surface area contributed by atoms with Crippen molar-refractivity contribution in [2.45, 2.75) is 44.9 Å². The molecule has 5 nitrogen and oxygen atoms in total. The third-order valence-electron chi connectivity index (χ3n) is 2.31. The van der Waals surface area contributed by atoms with Crippen LogP contribution in [0.3, 0.4) is 0 Å². The fourth-order valence-electron chi connectivity index (χ4n) is 1.59. The normalized spacial score (nSPS) is 19.9. The maximum Gasteiger partial charge on any atom is 0.329 e. The number of carbonyl (C=O) groups excluding carboxylic acids is 1. The molecule has 1 rings (SSSR count). The van der Waals surface area contributed by atoms with E-state index >= 15 is 0 Å². The van der Waals surface area contributed by atoms with Gasteiger partial charge >= 0.3 is 5.97 Å². The van der Waals surface area contributed by atoms with Crippen LogP contribution in [0, 0.1) is 0 Å². The average molecular weight is 201 g/mol. The standard InChI is InChI=1S/C9H15NO4/c1-5(11)8(9(13)14)10(6(2)12)7-3-4-7/h5,7-8,11H,3-4H2,1-2H3,(H,13,14)/t5-,8+/m1/s1. The molecule has 80 valence electrons. The van der Waals surface area contributed by atoms with E-state index in [0.717, 1.165) is 12.8 Å². The topological polar surface area (TPSA) is 77.8 Å². The van der Waals surface area contributed by atoms with Crippen LogP contribution in [0.5, 0.6) is 0 Å². The highest BCUT2D eigenvalue weighted by molar-refractivity contribution is 5.83. The Labute approximate surface area is 82.3 Å². The van der Waals surface area contributed by atoms with E-state index in [4.69, 9.17) is 5.11 Å². The summed E-state index contributed by atoms with van der Waals surface area (Å²) in [7, 11) is 0. The summed E-state index contributed by atoms with van der Waals surface area (Å²) < 4.78 is 0. The van der Waals surface area contributed by atoms with Gasteiger partial charge in [0.2, 0.25) is 5.91 Å². The fraction of sp³-hybridized carbons (Fsp3) is 0.778. The van der Waals surface area contributed by atoms with E-state index in [1.54, 1.807) is 0 Å². The van der Waals surface area contributed by atoms with Gasteiger partial charge in [-0.1, -0.05) is 0 Å². The van der Waals surface area contributed by atoms with E-state index in [9.17, 15) is 14.7 Å². The molecule has 2 atom stereocenters. The van der Waals surface area contributed by atoms with Gasteiger partial charge in [-0.25, -0.2) is 4.79 Å². The largest absolute Gasteiger partial charge is 0.480 e. The summed E-state index contributed by atoms with van der Waals surface area (Å²) in [5.74, 6) is -1.44. The molecule has 5 heteroatoms. The first kappa shape index (κ1) is 11.0. The van der Waals surface area contributed by atoms with Crippen LogP contribution >= 0.6 is 0 Å². The molecular formula is C9H15NO4. The average Bonchev–Trinajstić information content (AvgIpc) is 2.79. The fourth-order valence-corrected chi connectivity index (χ4v) is 1.59. The molecule has 0 spiro atoms. The third-order valence-corrected chi connectivity index (χ3v) is 2.31. The summed E-state index contributed by atoms with van der Waals surface area (Å²) in [5, 5.41) is 18.2. The Morgan fingerprint density at radius 1 is 1.43 bits per heavy atom. The Kier molecular flexibility index (Phi) is 3.10. The van der Waals surface area contributed by atoms with Gasteiger partial charge in [0.05, 0.1) is 6.10 Å². The lowest BCUT2D eigenvalue weighted by atomic mass is 10.1. The summed E-state index contributed by atoms with van der Waals surface area (Å²) in [6.45, 7) is 2.72. The predicted molar refractivity (Wildman–Crippen MR) is 48.6 cm³/mol. The smallest absolute Gasteiger partial charge is 0.329 e. The van der Waals surface area contributed by atoms with Crippen LogP contribution in [0.2, 0.25) is 0 Å². The minimum absolute atomic E-state index is 0.00296. The second kappa shape index (κ2) is 3.96. The number of aliphatic carboxylic acids is 1. The monoisotopic (exact) mass is 201 g/mol. The predicted octanol–water partition coefficient (Wildman–Crippen LogP) is -0.169. The third kappa shape index (κ3) is 2.23. The van der Waals surface area contributed by atoms with Gasteiger partial charge in [0.1, 0.15) is 0 Å². The van der Waals surface area contributed by atoms with Crippen LogP contribution in [-0.4, -0.2) is 45.2 Å². The van der Waals surface area contributed by atoms with Crippen LogP contribution in [0.15, 0.2) is 0 Å². The zero-order chi connectivity index (χ0) is 10.9. The molecule has 0 aromatic rings. The number of hydrogen-bond donors (Lipinski definition) is 2. The lowest BCUT2D eigenvalue weighted by Crippen LogP contribution is -2.51.